The first kappa shape index (κ1) is 14.7. The van der Waals surface area contributed by atoms with Crippen LogP contribution in [0.15, 0.2) is 34.1 Å². The second kappa shape index (κ2) is 6.19. The highest BCUT2D eigenvalue weighted by Gasteiger charge is 2.16. The van der Waals surface area contributed by atoms with Crippen LogP contribution in [-0.2, 0) is 9.53 Å². The highest BCUT2D eigenvalue weighted by molar-refractivity contribution is 9.10. The Hall–Kier alpha value is -1.66. The van der Waals surface area contributed by atoms with Gasteiger partial charge in [0.15, 0.2) is 0 Å². The van der Waals surface area contributed by atoms with Crippen molar-refractivity contribution in [2.24, 2.45) is 0 Å². The van der Waals surface area contributed by atoms with Crippen molar-refractivity contribution in [3.8, 4) is 16.2 Å². The molecule has 0 aliphatic heterocycles. The van der Waals surface area contributed by atoms with E-state index < -0.39 is 11.9 Å². The number of carbonyl (C=O) groups excluding carboxylic acids is 2. The van der Waals surface area contributed by atoms with Crippen LogP contribution in [0.2, 0.25) is 0 Å². The molecule has 0 unspecified atom stereocenters. The molecule has 20 heavy (non-hydrogen) atoms. The van der Waals surface area contributed by atoms with Crippen molar-refractivity contribution >= 4 is 39.2 Å². The molecule has 1 aromatic heterocycles. The van der Waals surface area contributed by atoms with E-state index in [1.807, 2.05) is 11.4 Å². The fraction of sp³-hybridized carbons (Fsp3) is 0.143. The van der Waals surface area contributed by atoms with E-state index in [-0.39, 0.29) is 0 Å². The molecule has 1 aromatic carbocycles. The van der Waals surface area contributed by atoms with Gasteiger partial charge in [0.05, 0.1) is 12.7 Å². The van der Waals surface area contributed by atoms with Gasteiger partial charge in [-0.3, -0.25) is 4.79 Å². The molecule has 6 heteroatoms. The first-order valence-corrected chi connectivity index (χ1v) is 7.33. The lowest BCUT2D eigenvalue weighted by Crippen LogP contribution is -2.05. The summed E-state index contributed by atoms with van der Waals surface area (Å²) in [4.78, 5) is 23.7. The van der Waals surface area contributed by atoms with Gasteiger partial charge < -0.3 is 9.47 Å². The molecule has 2 aromatic rings. The van der Waals surface area contributed by atoms with Gasteiger partial charge in [0.1, 0.15) is 5.75 Å². The van der Waals surface area contributed by atoms with E-state index in [1.165, 1.54) is 25.4 Å². The number of methoxy groups -OCH3 is 1. The Morgan fingerprint density at radius 1 is 1.25 bits per heavy atom. The number of halogens is 1. The summed E-state index contributed by atoms with van der Waals surface area (Å²) in [5.41, 5.74) is 1.10. The van der Waals surface area contributed by atoms with Crippen molar-refractivity contribution < 1.29 is 19.1 Å². The topological polar surface area (TPSA) is 52.6 Å². The van der Waals surface area contributed by atoms with Crippen LogP contribution in [0.1, 0.15) is 17.3 Å². The average Bonchev–Trinajstić information content (AvgIpc) is 2.83. The monoisotopic (exact) mass is 354 g/mol. The second-order valence-electron chi connectivity index (χ2n) is 3.92. The average molecular weight is 355 g/mol. The fourth-order valence-electron chi connectivity index (χ4n) is 1.70. The molecule has 4 nitrogen and oxygen atoms in total. The molecule has 0 spiro atoms. The highest BCUT2D eigenvalue weighted by Crippen LogP contribution is 2.34. The zero-order valence-corrected chi connectivity index (χ0v) is 13.2. The van der Waals surface area contributed by atoms with Gasteiger partial charge in [-0.05, 0) is 40.2 Å². The normalized spacial score (nSPS) is 10.2. The number of hydrogen-bond donors (Lipinski definition) is 0. The van der Waals surface area contributed by atoms with E-state index in [2.05, 4.69) is 15.9 Å². The van der Waals surface area contributed by atoms with E-state index >= 15 is 0 Å². The predicted molar refractivity (Wildman–Crippen MR) is 80.1 cm³/mol. The van der Waals surface area contributed by atoms with Crippen molar-refractivity contribution in [3.05, 3.63) is 39.7 Å². The van der Waals surface area contributed by atoms with Gasteiger partial charge in [-0.2, -0.15) is 0 Å². The number of esters is 2. The number of rotatable bonds is 3. The summed E-state index contributed by atoms with van der Waals surface area (Å²) in [7, 11) is 1.33. The molecular weight excluding hydrogens is 344 g/mol. The Bertz CT molecular complexity index is 663. The molecule has 0 atom stereocenters. The minimum Gasteiger partial charge on any atom is -0.465 e. The van der Waals surface area contributed by atoms with Crippen LogP contribution in [0.25, 0.3) is 10.4 Å². The van der Waals surface area contributed by atoms with E-state index in [9.17, 15) is 9.59 Å². The van der Waals surface area contributed by atoms with Gasteiger partial charge in [0.25, 0.3) is 0 Å². The summed E-state index contributed by atoms with van der Waals surface area (Å²) in [6.07, 6.45) is 0. The second-order valence-corrected chi connectivity index (χ2v) is 5.75. The summed E-state index contributed by atoms with van der Waals surface area (Å²) in [6.45, 7) is 1.33. The van der Waals surface area contributed by atoms with Crippen molar-refractivity contribution in [2.75, 3.05) is 7.11 Å². The molecule has 1 heterocycles. The molecule has 0 saturated heterocycles. The van der Waals surface area contributed by atoms with Crippen LogP contribution in [0, 0.1) is 0 Å². The minimum absolute atomic E-state index is 0.393. The molecule has 0 aliphatic carbocycles. The Morgan fingerprint density at radius 2 is 2.00 bits per heavy atom. The van der Waals surface area contributed by atoms with Crippen LogP contribution in [-0.4, -0.2) is 19.0 Å². The van der Waals surface area contributed by atoms with Gasteiger partial charge in [0.2, 0.25) is 0 Å². The zero-order chi connectivity index (χ0) is 14.7. The molecule has 104 valence electrons. The van der Waals surface area contributed by atoms with Crippen molar-refractivity contribution in [1.29, 1.82) is 0 Å². The van der Waals surface area contributed by atoms with Crippen LogP contribution in [0.3, 0.4) is 0 Å². The molecule has 0 N–H and O–H groups in total. The lowest BCUT2D eigenvalue weighted by atomic mass is 10.1. The summed E-state index contributed by atoms with van der Waals surface area (Å²) in [6, 6.07) is 6.71. The quantitative estimate of drug-likeness (QED) is 0.619. The van der Waals surface area contributed by atoms with Gasteiger partial charge in [-0.25, -0.2) is 4.79 Å². The maximum absolute atomic E-state index is 11.8. The summed E-state index contributed by atoms with van der Waals surface area (Å²) in [5, 5.41) is 1.91. The maximum Gasteiger partial charge on any atom is 0.338 e. The Balaban J connectivity index is 2.53. The number of benzene rings is 1. The fourth-order valence-corrected chi connectivity index (χ4v) is 3.16. The third-order valence-corrected chi connectivity index (χ3v) is 4.22. The number of ether oxygens (including phenoxy) is 2. The molecule has 0 aliphatic rings. The Labute approximate surface area is 128 Å². The van der Waals surface area contributed by atoms with Gasteiger partial charge in [0, 0.05) is 27.2 Å². The van der Waals surface area contributed by atoms with Gasteiger partial charge in [-0.15, -0.1) is 11.3 Å². The number of hydrogen-bond acceptors (Lipinski definition) is 5. The van der Waals surface area contributed by atoms with Crippen LogP contribution < -0.4 is 4.74 Å². The Kier molecular flexibility index (Phi) is 4.57. The predicted octanol–water partition coefficient (Wildman–Crippen LogP) is 3.89. The lowest BCUT2D eigenvalue weighted by molar-refractivity contribution is -0.131. The van der Waals surface area contributed by atoms with E-state index in [4.69, 9.17) is 9.47 Å². The van der Waals surface area contributed by atoms with E-state index in [0.717, 1.165) is 9.35 Å². The molecule has 0 fully saturated rings. The molecule has 2 rings (SSSR count). The van der Waals surface area contributed by atoms with Crippen LogP contribution >= 0.6 is 27.3 Å². The minimum atomic E-state index is -0.432. The van der Waals surface area contributed by atoms with Crippen molar-refractivity contribution in [3.63, 3.8) is 0 Å². The van der Waals surface area contributed by atoms with Crippen molar-refractivity contribution in [1.82, 2.24) is 0 Å². The number of carbonyl (C=O) groups is 2. The van der Waals surface area contributed by atoms with Crippen LogP contribution in [0.5, 0.6) is 5.75 Å². The van der Waals surface area contributed by atoms with Gasteiger partial charge >= 0.3 is 11.9 Å². The smallest absolute Gasteiger partial charge is 0.338 e. The standard InChI is InChI=1S/C14H11BrO4S/c1-8(16)19-10-3-4-11(14(17)18-2)12(6-10)13-5-9(15)7-20-13/h3-7H,1-2H3. The molecule has 0 saturated carbocycles. The molecule has 0 bridgehead atoms. The first-order valence-electron chi connectivity index (χ1n) is 5.66. The number of thiophene rings is 1. The van der Waals surface area contributed by atoms with E-state index in [0.29, 0.717) is 16.9 Å². The molecule has 0 amide bonds. The van der Waals surface area contributed by atoms with Crippen LogP contribution in [0.4, 0.5) is 0 Å². The summed E-state index contributed by atoms with van der Waals surface area (Å²) >= 11 is 4.85. The first-order chi connectivity index (χ1) is 9.51. The molecule has 0 radical (unpaired) electrons. The van der Waals surface area contributed by atoms with E-state index in [1.54, 1.807) is 18.2 Å². The summed E-state index contributed by atoms with van der Waals surface area (Å²) < 4.78 is 10.7. The molecular formula is C14H11BrO4S. The largest absolute Gasteiger partial charge is 0.465 e. The van der Waals surface area contributed by atoms with Crippen molar-refractivity contribution in [2.45, 2.75) is 6.92 Å². The SMILES string of the molecule is COC(=O)c1ccc(OC(C)=O)cc1-c1cc(Br)cs1. The van der Waals surface area contributed by atoms with Gasteiger partial charge in [-0.1, -0.05) is 0 Å². The third-order valence-electron chi connectivity index (χ3n) is 2.49. The highest BCUT2D eigenvalue weighted by atomic mass is 79.9. The Morgan fingerprint density at radius 3 is 2.55 bits per heavy atom. The maximum atomic E-state index is 11.8. The summed E-state index contributed by atoms with van der Waals surface area (Å²) in [5.74, 6) is -0.447. The lowest BCUT2D eigenvalue weighted by Gasteiger charge is -2.09. The zero-order valence-electron chi connectivity index (χ0n) is 10.8. The third kappa shape index (κ3) is 3.26.